The normalized spacial score (nSPS) is 10.8. The van der Waals surface area contributed by atoms with Gasteiger partial charge in [-0.2, -0.15) is 0 Å². The highest BCUT2D eigenvalue weighted by Gasteiger charge is 2.16. The third kappa shape index (κ3) is 3.31. The van der Waals surface area contributed by atoms with E-state index in [9.17, 15) is 0 Å². The lowest BCUT2D eigenvalue weighted by Gasteiger charge is -2.14. The summed E-state index contributed by atoms with van der Waals surface area (Å²) in [6.45, 7) is 0. The molecule has 7 heteroatoms. The number of aromatic nitrogens is 3. The molecule has 0 saturated heterocycles. The fourth-order valence-corrected chi connectivity index (χ4v) is 3.28. The van der Waals surface area contributed by atoms with Gasteiger partial charge < -0.3 is 18.9 Å². The summed E-state index contributed by atoms with van der Waals surface area (Å²) in [7, 11) is 6.40. The molecule has 0 saturated carbocycles. The second kappa shape index (κ2) is 7.71. The highest BCUT2D eigenvalue weighted by molar-refractivity contribution is 5.83. The number of methoxy groups -OCH3 is 4. The lowest BCUT2D eigenvalue weighted by molar-refractivity contribution is 0.324. The quantitative estimate of drug-likeness (QED) is 0.492. The van der Waals surface area contributed by atoms with Crippen molar-refractivity contribution >= 4 is 11.0 Å². The van der Waals surface area contributed by atoms with Gasteiger partial charge in [-0.15, -0.1) is 5.10 Å². The Labute approximate surface area is 168 Å². The molecule has 0 aliphatic rings. The maximum absolute atomic E-state index is 5.47. The summed E-state index contributed by atoms with van der Waals surface area (Å²) >= 11 is 0. The number of hydrogen-bond donors (Lipinski definition) is 0. The van der Waals surface area contributed by atoms with Crippen molar-refractivity contribution in [2.24, 2.45) is 0 Å². The van der Waals surface area contributed by atoms with Crippen molar-refractivity contribution in [3.63, 3.8) is 0 Å². The number of fused-ring (bicyclic) bond motifs is 1. The van der Waals surface area contributed by atoms with Crippen molar-refractivity contribution < 1.29 is 18.9 Å². The van der Waals surface area contributed by atoms with Crippen molar-refractivity contribution in [2.75, 3.05) is 28.4 Å². The lowest BCUT2D eigenvalue weighted by atomic mass is 10.0. The predicted octanol–water partition coefficient (Wildman–Crippen LogP) is 4.12. The minimum Gasteiger partial charge on any atom is -0.497 e. The minimum atomic E-state index is 0.528. The molecule has 4 rings (SSSR count). The molecule has 29 heavy (non-hydrogen) atoms. The van der Waals surface area contributed by atoms with E-state index in [2.05, 4.69) is 10.3 Å². The zero-order valence-electron chi connectivity index (χ0n) is 16.7. The standard InChI is InChI=1S/C22H21N3O4/c1-26-17-7-5-6-14(10-17)15-8-9-18-19(11-15)25(24-23-18)16-12-20(27-2)22(29-4)21(13-16)28-3/h5-13H,1-4H3. The second-order valence-electron chi connectivity index (χ2n) is 6.32. The Morgan fingerprint density at radius 3 is 2.10 bits per heavy atom. The van der Waals surface area contributed by atoms with Crippen molar-refractivity contribution in [1.29, 1.82) is 0 Å². The van der Waals surface area contributed by atoms with Crippen LogP contribution in [0.3, 0.4) is 0 Å². The summed E-state index contributed by atoms with van der Waals surface area (Å²) < 4.78 is 23.4. The van der Waals surface area contributed by atoms with Gasteiger partial charge in [-0.1, -0.05) is 23.4 Å². The van der Waals surface area contributed by atoms with Gasteiger partial charge in [0.25, 0.3) is 0 Å². The van der Waals surface area contributed by atoms with Gasteiger partial charge in [0.15, 0.2) is 11.5 Å². The van der Waals surface area contributed by atoms with E-state index >= 15 is 0 Å². The van der Waals surface area contributed by atoms with Crippen LogP contribution >= 0.6 is 0 Å². The molecule has 0 atom stereocenters. The molecule has 0 bridgehead atoms. The highest BCUT2D eigenvalue weighted by Crippen LogP contribution is 2.39. The van der Waals surface area contributed by atoms with Crippen LogP contribution in [0.15, 0.2) is 54.6 Å². The smallest absolute Gasteiger partial charge is 0.203 e. The van der Waals surface area contributed by atoms with Crippen LogP contribution < -0.4 is 18.9 Å². The Balaban J connectivity index is 1.87. The average Bonchev–Trinajstić information content (AvgIpc) is 3.21. The van der Waals surface area contributed by atoms with Gasteiger partial charge in [-0.25, -0.2) is 4.68 Å². The molecule has 0 amide bonds. The van der Waals surface area contributed by atoms with Crippen LogP contribution in [0, 0.1) is 0 Å². The third-order valence-electron chi connectivity index (χ3n) is 4.74. The summed E-state index contributed by atoms with van der Waals surface area (Å²) in [5, 5.41) is 8.62. The van der Waals surface area contributed by atoms with E-state index in [1.165, 1.54) is 0 Å². The molecule has 3 aromatic carbocycles. The summed E-state index contributed by atoms with van der Waals surface area (Å²) in [6.07, 6.45) is 0. The van der Waals surface area contributed by atoms with Gasteiger partial charge in [0.1, 0.15) is 11.3 Å². The van der Waals surface area contributed by atoms with Crippen LogP contribution in [-0.4, -0.2) is 43.4 Å². The molecule has 0 unspecified atom stereocenters. The zero-order chi connectivity index (χ0) is 20.4. The van der Waals surface area contributed by atoms with Crippen LogP contribution in [0.2, 0.25) is 0 Å². The molecule has 7 nitrogen and oxygen atoms in total. The molecule has 0 fully saturated rings. The van der Waals surface area contributed by atoms with Crippen molar-refractivity contribution in [2.45, 2.75) is 0 Å². The van der Waals surface area contributed by atoms with E-state index in [0.717, 1.165) is 33.6 Å². The SMILES string of the molecule is COc1cccc(-c2ccc3nnn(-c4cc(OC)c(OC)c(OC)c4)c3c2)c1. The topological polar surface area (TPSA) is 67.6 Å². The van der Waals surface area contributed by atoms with E-state index in [1.807, 2.05) is 54.6 Å². The van der Waals surface area contributed by atoms with Gasteiger partial charge in [0.2, 0.25) is 5.75 Å². The van der Waals surface area contributed by atoms with Crippen LogP contribution in [-0.2, 0) is 0 Å². The van der Waals surface area contributed by atoms with Crippen molar-refractivity contribution in [3.05, 3.63) is 54.6 Å². The Morgan fingerprint density at radius 2 is 1.45 bits per heavy atom. The van der Waals surface area contributed by atoms with Crippen LogP contribution in [0.1, 0.15) is 0 Å². The first-order valence-corrected chi connectivity index (χ1v) is 8.98. The first kappa shape index (κ1) is 18.6. The fraction of sp³-hybridized carbons (Fsp3) is 0.182. The zero-order valence-corrected chi connectivity index (χ0v) is 16.7. The molecule has 148 valence electrons. The number of nitrogens with zero attached hydrogens (tertiary/aromatic N) is 3. The number of rotatable bonds is 6. The first-order valence-electron chi connectivity index (χ1n) is 8.98. The second-order valence-corrected chi connectivity index (χ2v) is 6.32. The largest absolute Gasteiger partial charge is 0.497 e. The summed E-state index contributed by atoms with van der Waals surface area (Å²) in [5.41, 5.74) is 4.48. The summed E-state index contributed by atoms with van der Waals surface area (Å²) in [6, 6.07) is 17.6. The van der Waals surface area contributed by atoms with Gasteiger partial charge in [-0.05, 0) is 35.4 Å². The van der Waals surface area contributed by atoms with Gasteiger partial charge >= 0.3 is 0 Å². The average molecular weight is 391 g/mol. The van der Waals surface area contributed by atoms with E-state index < -0.39 is 0 Å². The summed E-state index contributed by atoms with van der Waals surface area (Å²) in [5.74, 6) is 2.43. The molecule has 0 radical (unpaired) electrons. The van der Waals surface area contributed by atoms with Gasteiger partial charge in [0.05, 0.1) is 39.6 Å². The molecular weight excluding hydrogens is 370 g/mol. The first-order chi connectivity index (χ1) is 14.2. The molecule has 4 aromatic rings. The minimum absolute atomic E-state index is 0.528. The van der Waals surface area contributed by atoms with Crippen LogP contribution in [0.5, 0.6) is 23.0 Å². The Hall–Kier alpha value is -3.74. The number of ether oxygens (including phenoxy) is 4. The molecule has 1 aromatic heterocycles. The maximum Gasteiger partial charge on any atom is 0.203 e. The predicted molar refractivity (Wildman–Crippen MR) is 111 cm³/mol. The Kier molecular flexibility index (Phi) is 4.95. The monoisotopic (exact) mass is 391 g/mol. The third-order valence-corrected chi connectivity index (χ3v) is 4.74. The fourth-order valence-electron chi connectivity index (χ4n) is 3.28. The van der Waals surface area contributed by atoms with E-state index in [4.69, 9.17) is 18.9 Å². The number of hydrogen-bond acceptors (Lipinski definition) is 6. The molecular formula is C22H21N3O4. The highest BCUT2D eigenvalue weighted by atomic mass is 16.5. The number of benzene rings is 3. The van der Waals surface area contributed by atoms with Gasteiger partial charge in [-0.3, -0.25) is 0 Å². The van der Waals surface area contributed by atoms with E-state index in [0.29, 0.717) is 17.2 Å². The lowest BCUT2D eigenvalue weighted by Crippen LogP contribution is -2.01. The molecule has 0 spiro atoms. The molecule has 1 heterocycles. The van der Waals surface area contributed by atoms with E-state index in [-0.39, 0.29) is 0 Å². The van der Waals surface area contributed by atoms with Crippen LogP contribution in [0.4, 0.5) is 0 Å². The molecule has 0 N–H and O–H groups in total. The van der Waals surface area contributed by atoms with E-state index in [1.54, 1.807) is 33.1 Å². The van der Waals surface area contributed by atoms with Gasteiger partial charge in [0, 0.05) is 12.1 Å². The molecule has 0 aliphatic heterocycles. The Morgan fingerprint density at radius 1 is 0.724 bits per heavy atom. The maximum atomic E-state index is 5.47. The summed E-state index contributed by atoms with van der Waals surface area (Å²) in [4.78, 5) is 0. The van der Waals surface area contributed by atoms with Crippen molar-refractivity contribution in [3.8, 4) is 39.8 Å². The Bertz CT molecular complexity index is 1140. The van der Waals surface area contributed by atoms with Crippen molar-refractivity contribution in [1.82, 2.24) is 15.0 Å². The molecule has 0 aliphatic carbocycles. The van der Waals surface area contributed by atoms with Crippen LogP contribution in [0.25, 0.3) is 27.8 Å².